The number of carbonyl (C=O) groups is 1. The number of fused-ring (bicyclic) bond motifs is 6. The topological polar surface area (TPSA) is 87.0 Å². The lowest BCUT2D eigenvalue weighted by molar-refractivity contribution is -0.118. The quantitative estimate of drug-likeness (QED) is 0.0275. The first-order valence-corrected chi connectivity index (χ1v) is 42.8. The average molecular weight is 1350 g/mol. The van der Waals surface area contributed by atoms with Gasteiger partial charge in [0.2, 0.25) is 0 Å². The van der Waals surface area contributed by atoms with Gasteiger partial charge in [-0.2, -0.15) is 5.26 Å². The molecule has 1 aliphatic heterocycles. The number of benzene rings is 1. The molecule has 6 rings (SSSR count). The highest BCUT2D eigenvalue weighted by atomic mass is 33.1. The summed E-state index contributed by atoms with van der Waals surface area (Å²) in [6.07, 6.45) is 44.9. The number of unbranched alkanes of at least 4 members (excludes halogenated alkanes) is 7. The van der Waals surface area contributed by atoms with E-state index in [-0.39, 0.29) is 18.0 Å². The normalized spacial score (nSPS) is 25.4. The molecule has 0 saturated heterocycles. The lowest BCUT2D eigenvalue weighted by Crippen LogP contribution is -2.50. The van der Waals surface area contributed by atoms with Gasteiger partial charge in [-0.05, 0) is 224 Å². The Morgan fingerprint density at radius 2 is 1.27 bits per heavy atom. The Morgan fingerprint density at radius 1 is 0.677 bits per heavy atom. The molecule has 3 fully saturated rings. The summed E-state index contributed by atoms with van der Waals surface area (Å²) >= 11 is 0. The van der Waals surface area contributed by atoms with Crippen LogP contribution in [-0.4, -0.2) is 61.6 Å². The molecule has 93 heavy (non-hydrogen) atoms. The average Bonchev–Trinajstić information content (AvgIpc) is 1.71. The first-order chi connectivity index (χ1) is 44.3. The molecule has 0 bridgehead atoms. The fourth-order valence-electron chi connectivity index (χ4n) is 17.8. The first-order valence-electron chi connectivity index (χ1n) is 39.1. The van der Waals surface area contributed by atoms with Crippen LogP contribution >= 0.6 is 30.0 Å². The predicted molar refractivity (Wildman–Crippen MR) is 407 cm³/mol. The van der Waals surface area contributed by atoms with Crippen LogP contribution in [0.15, 0.2) is 11.6 Å². The van der Waals surface area contributed by atoms with E-state index in [2.05, 4.69) is 148 Å². The van der Waals surface area contributed by atoms with Crippen molar-refractivity contribution in [3.05, 3.63) is 33.9 Å². The maximum absolute atomic E-state index is 11.4. The lowest BCUT2D eigenvalue weighted by Gasteiger charge is -2.58. The van der Waals surface area contributed by atoms with Gasteiger partial charge in [-0.25, -0.2) is 0 Å². The third-order valence-electron chi connectivity index (χ3n) is 23.6. The van der Waals surface area contributed by atoms with Gasteiger partial charge in [-0.15, -0.1) is 0 Å². The zero-order valence-electron chi connectivity index (χ0n) is 64.4. The molecule has 7 nitrogen and oxygen atoms in total. The smallest absolute Gasteiger partial charge is 0.174 e. The number of nitrogens with zero attached hydrogens (tertiary/aromatic N) is 1. The summed E-state index contributed by atoms with van der Waals surface area (Å²) in [4.78, 5) is 11.4. The number of hydrogen-bond donors (Lipinski definition) is 0. The molecule has 0 N–H and O–H groups in total. The van der Waals surface area contributed by atoms with Crippen molar-refractivity contribution in [2.24, 2.45) is 75.9 Å². The number of ketones is 1. The number of allylic oxidation sites excluding steroid dienone is 1. The van der Waals surface area contributed by atoms with Crippen molar-refractivity contribution in [1.82, 2.24) is 0 Å². The molecule has 4 aliphatic carbocycles. The summed E-state index contributed by atoms with van der Waals surface area (Å²) in [6, 6.07) is 2.17. The minimum absolute atomic E-state index is 0.0494. The minimum atomic E-state index is -0.914. The summed E-state index contributed by atoms with van der Waals surface area (Å²) in [7, 11) is 5.10. The van der Waals surface area contributed by atoms with E-state index in [0.29, 0.717) is 47.5 Å². The number of ether oxygens (including phenoxy) is 3. The van der Waals surface area contributed by atoms with E-state index < -0.39 is 8.38 Å². The van der Waals surface area contributed by atoms with Crippen molar-refractivity contribution < 1.29 is 28.1 Å². The number of nitriles is 1. The number of methoxy groups -OCH3 is 1. The second kappa shape index (κ2) is 44.1. The van der Waals surface area contributed by atoms with Gasteiger partial charge in [-0.1, -0.05) is 233 Å². The Bertz CT molecular complexity index is 2310. The van der Waals surface area contributed by atoms with Gasteiger partial charge in [0, 0.05) is 29.8 Å². The Hall–Kier alpha value is -1.27. The minimum Gasteiger partial charge on any atom is -0.487 e. The Morgan fingerprint density at radius 3 is 1.86 bits per heavy atom. The van der Waals surface area contributed by atoms with Crippen LogP contribution in [0.2, 0.25) is 0 Å². The Balaban J connectivity index is 0.000000299. The number of rotatable bonds is 42. The second-order valence-corrected chi connectivity index (χ2v) is 37.5. The molecular weight excluding hydrogens is 1200 g/mol. The molecule has 0 aromatic heterocycles. The first kappa shape index (κ1) is 84.1. The van der Waals surface area contributed by atoms with Gasteiger partial charge in [0.1, 0.15) is 23.7 Å². The molecule has 1 heterocycles. The zero-order chi connectivity index (χ0) is 68.7. The fourth-order valence-corrected chi connectivity index (χ4v) is 22.1. The molecule has 3 saturated carbocycles. The molecule has 10 heteroatoms. The lowest BCUT2D eigenvalue weighted by atomic mass is 9.47. The van der Waals surface area contributed by atoms with Crippen LogP contribution in [0.5, 0.6) is 11.5 Å². The summed E-state index contributed by atoms with van der Waals surface area (Å²) in [5.74, 6) is 13.8. The maximum atomic E-state index is 11.4. The summed E-state index contributed by atoms with van der Waals surface area (Å²) in [5, 5.41) is 8.78. The second-order valence-electron chi connectivity index (χ2n) is 33.1. The largest absolute Gasteiger partial charge is 0.487 e. The van der Waals surface area contributed by atoms with Gasteiger partial charge in [-0.3, -0.25) is 4.79 Å². The van der Waals surface area contributed by atoms with E-state index >= 15 is 0 Å². The van der Waals surface area contributed by atoms with Crippen molar-refractivity contribution in [2.45, 2.75) is 354 Å². The van der Waals surface area contributed by atoms with Crippen LogP contribution in [0.25, 0.3) is 0 Å². The van der Waals surface area contributed by atoms with Crippen LogP contribution in [0, 0.1) is 108 Å². The number of hydrogen-bond acceptors (Lipinski definition) is 9. The molecule has 1 aromatic carbocycles. The van der Waals surface area contributed by atoms with Gasteiger partial charge >= 0.3 is 0 Å². The fraction of sp³-hybridized carbons (Fsp3) is 0.880. The van der Waals surface area contributed by atoms with Crippen molar-refractivity contribution in [3.63, 3.8) is 0 Å². The van der Waals surface area contributed by atoms with E-state index in [1.165, 1.54) is 190 Å². The highest BCUT2D eigenvalue weighted by Crippen LogP contribution is 2.67. The van der Waals surface area contributed by atoms with Crippen molar-refractivity contribution in [3.8, 4) is 17.6 Å². The van der Waals surface area contributed by atoms with Gasteiger partial charge < -0.3 is 23.3 Å². The zero-order valence-corrected chi connectivity index (χ0v) is 66.9. The molecule has 0 radical (unpaired) electrons. The molecule has 0 amide bonds. The van der Waals surface area contributed by atoms with Crippen molar-refractivity contribution >= 4 is 35.7 Å². The highest BCUT2D eigenvalue weighted by molar-refractivity contribution is 8.76. The molecule has 12 atom stereocenters. The highest BCUT2D eigenvalue weighted by Gasteiger charge is 2.59. The van der Waals surface area contributed by atoms with Gasteiger partial charge in [0.05, 0.1) is 31.8 Å². The van der Waals surface area contributed by atoms with Gasteiger partial charge in [0.25, 0.3) is 0 Å². The molecular formula is C83H148NO6PS2. The van der Waals surface area contributed by atoms with Crippen LogP contribution in [0.3, 0.4) is 0 Å². The van der Waals surface area contributed by atoms with E-state index in [1.54, 1.807) is 12.5 Å². The standard InChI is InChI=1S/C32H54O3.C28H48O.C23H46NO2PS2/c1-22(2)13-10-14-23(3)15-11-16-24(4)17-12-19-32(9)20-18-29-28(8)30(34-21-25(5)33)26(6)27(7)31(29)35-32;1-19(2)8-7-9-20(3)24-12-13-25-23-11-10-21-18-22(29-6)14-16-27(21,4)26(23)15-17-28(24,25)5;1-6-7-8-10-13-19-28-29-20-14-11-9-12-17-25-27(26-18-15-16-24)23(21(2)3)22(4)5/h22-24H,10-21H2,1-9H3;10,19-20,22-26H,7-9,11-18H2,1-6H3;21-23H,6-15,17-20H2,1-5H3/t;20-,22+,23?,24-,25?,26?,27+,28-;/m.1./s1. The van der Waals surface area contributed by atoms with E-state index in [0.717, 1.165) is 114 Å². The van der Waals surface area contributed by atoms with Crippen LogP contribution in [0.4, 0.5) is 0 Å². The number of carbonyl (C=O) groups excluding carboxylic acids is 1. The molecule has 538 valence electrons. The maximum Gasteiger partial charge on any atom is 0.174 e. The van der Waals surface area contributed by atoms with E-state index in [4.69, 9.17) is 28.5 Å². The van der Waals surface area contributed by atoms with Crippen molar-refractivity contribution in [2.75, 3.05) is 38.4 Å². The third-order valence-corrected chi connectivity index (χ3v) is 28.8. The Labute approximate surface area is 585 Å². The van der Waals surface area contributed by atoms with Gasteiger partial charge in [0.15, 0.2) is 14.2 Å². The molecule has 1 aromatic rings. The van der Waals surface area contributed by atoms with E-state index in [1.807, 2.05) is 17.9 Å². The SMILES string of the molecule is CC(=O)COc1c(C)c(C)c2c(c1C)CCC(C)(CCCC(C)CCCC(C)CCCC(C)C)O2.CCCCCCCSSCCCCCCOP(OCCC#N)C(C(C)C)C(C)C.CO[C@H]1CC[C@@]2(C)C(=CCC3C2CC[C@@]2(C)C3CC[C@@H]2[C@H](C)CCCC(C)C)C1. The molecule has 0 spiro atoms. The number of Topliss-reactive ketones (excluding diaryl/α,β-unsaturated/α-hetero) is 1. The van der Waals surface area contributed by atoms with E-state index in [9.17, 15) is 4.79 Å². The summed E-state index contributed by atoms with van der Waals surface area (Å²) < 4.78 is 30.6. The van der Waals surface area contributed by atoms with Crippen molar-refractivity contribution in [1.29, 1.82) is 5.26 Å². The van der Waals surface area contributed by atoms with Crippen LogP contribution in [0.1, 0.15) is 332 Å². The summed E-state index contributed by atoms with van der Waals surface area (Å²) in [5.41, 5.74) is 7.84. The third kappa shape index (κ3) is 27.7. The predicted octanol–water partition coefficient (Wildman–Crippen LogP) is 26.0. The monoisotopic (exact) mass is 1350 g/mol. The molecule has 5 aliphatic rings. The van der Waals surface area contributed by atoms with Crippen LogP contribution < -0.4 is 9.47 Å². The summed E-state index contributed by atoms with van der Waals surface area (Å²) in [6.45, 7) is 45.1. The van der Waals surface area contributed by atoms with Crippen LogP contribution in [-0.2, 0) is 25.0 Å². The molecule has 7 unspecified atom stereocenters. The Kier molecular flexibility index (Phi) is 39.9.